The number of halogens is 1. The van der Waals surface area contributed by atoms with Gasteiger partial charge in [-0.25, -0.2) is 0 Å². The third-order valence-corrected chi connectivity index (χ3v) is 4.30. The Labute approximate surface area is 157 Å². The molecule has 2 aromatic rings. The van der Waals surface area contributed by atoms with Crippen molar-refractivity contribution in [3.05, 3.63) is 52.0 Å². The first-order valence-electron chi connectivity index (χ1n) is 7.88. The summed E-state index contributed by atoms with van der Waals surface area (Å²) in [6.45, 7) is 2.84. The summed E-state index contributed by atoms with van der Waals surface area (Å²) in [5, 5.41) is 2.95. The lowest BCUT2D eigenvalue weighted by molar-refractivity contribution is -0.117. The molecule has 0 unspecified atom stereocenters. The Balaban J connectivity index is 1.97. The van der Waals surface area contributed by atoms with Gasteiger partial charge < -0.3 is 14.8 Å². The molecule has 0 spiro atoms. The van der Waals surface area contributed by atoms with E-state index in [1.807, 2.05) is 55.3 Å². The molecule has 0 aliphatic heterocycles. The molecule has 1 amide bonds. The number of anilines is 1. The Morgan fingerprint density at radius 2 is 1.92 bits per heavy atom. The molecule has 0 atom stereocenters. The maximum atomic E-state index is 12.3. The SMILES string of the molecule is COc1ccc(CN(C)CC(=O)Nc2ccc(Br)cc2C)c(OC)c1. The summed E-state index contributed by atoms with van der Waals surface area (Å²) >= 11 is 3.42. The average Bonchev–Trinajstić information content (AvgIpc) is 2.57. The highest BCUT2D eigenvalue weighted by Crippen LogP contribution is 2.25. The lowest BCUT2D eigenvalue weighted by Crippen LogP contribution is -2.30. The second kappa shape index (κ2) is 8.87. The normalized spacial score (nSPS) is 10.6. The van der Waals surface area contributed by atoms with E-state index in [2.05, 4.69) is 21.2 Å². The molecular formula is C19H23BrN2O3. The fourth-order valence-electron chi connectivity index (χ4n) is 2.53. The van der Waals surface area contributed by atoms with Gasteiger partial charge in [0.2, 0.25) is 5.91 Å². The Hall–Kier alpha value is -2.05. The van der Waals surface area contributed by atoms with E-state index in [4.69, 9.17) is 9.47 Å². The van der Waals surface area contributed by atoms with Crippen LogP contribution in [0.5, 0.6) is 11.5 Å². The number of nitrogens with one attached hydrogen (secondary N) is 1. The van der Waals surface area contributed by atoms with E-state index in [-0.39, 0.29) is 12.5 Å². The highest BCUT2D eigenvalue weighted by Gasteiger charge is 2.12. The van der Waals surface area contributed by atoms with E-state index in [9.17, 15) is 4.79 Å². The minimum atomic E-state index is -0.0552. The molecule has 1 N–H and O–H groups in total. The van der Waals surface area contributed by atoms with E-state index in [0.29, 0.717) is 6.54 Å². The van der Waals surface area contributed by atoms with Crippen molar-refractivity contribution in [1.29, 1.82) is 0 Å². The van der Waals surface area contributed by atoms with E-state index < -0.39 is 0 Å². The molecule has 2 aromatic carbocycles. The van der Waals surface area contributed by atoms with Crippen LogP contribution in [0.2, 0.25) is 0 Å². The number of likely N-dealkylation sites (N-methyl/N-ethyl adjacent to an activating group) is 1. The van der Waals surface area contributed by atoms with Crippen LogP contribution in [0, 0.1) is 6.92 Å². The van der Waals surface area contributed by atoms with Gasteiger partial charge in [-0.3, -0.25) is 9.69 Å². The summed E-state index contributed by atoms with van der Waals surface area (Å²) in [5.74, 6) is 1.43. The summed E-state index contributed by atoms with van der Waals surface area (Å²) in [7, 11) is 5.15. The van der Waals surface area contributed by atoms with Crippen molar-refractivity contribution >= 4 is 27.5 Å². The number of hydrogen-bond acceptors (Lipinski definition) is 4. The zero-order valence-corrected chi connectivity index (χ0v) is 16.5. The highest BCUT2D eigenvalue weighted by atomic mass is 79.9. The predicted molar refractivity (Wildman–Crippen MR) is 103 cm³/mol. The van der Waals surface area contributed by atoms with Gasteiger partial charge in [-0.05, 0) is 43.8 Å². The number of aryl methyl sites for hydroxylation is 1. The smallest absolute Gasteiger partial charge is 0.238 e. The number of carbonyl (C=O) groups excluding carboxylic acids is 1. The molecule has 0 aliphatic rings. The topological polar surface area (TPSA) is 50.8 Å². The van der Waals surface area contributed by atoms with E-state index in [0.717, 1.165) is 32.8 Å². The third kappa shape index (κ3) is 5.47. The Morgan fingerprint density at radius 3 is 2.56 bits per heavy atom. The second-order valence-corrected chi connectivity index (χ2v) is 6.77. The van der Waals surface area contributed by atoms with Gasteiger partial charge in [-0.2, -0.15) is 0 Å². The van der Waals surface area contributed by atoms with Crippen LogP contribution in [0.4, 0.5) is 5.69 Å². The van der Waals surface area contributed by atoms with Crippen molar-refractivity contribution in [1.82, 2.24) is 4.90 Å². The molecule has 0 aromatic heterocycles. The first-order valence-corrected chi connectivity index (χ1v) is 8.67. The summed E-state index contributed by atoms with van der Waals surface area (Å²) in [6, 6.07) is 11.5. The lowest BCUT2D eigenvalue weighted by Gasteiger charge is -2.19. The number of benzene rings is 2. The molecule has 0 bridgehead atoms. The average molecular weight is 407 g/mol. The molecule has 25 heavy (non-hydrogen) atoms. The van der Waals surface area contributed by atoms with E-state index in [1.165, 1.54) is 0 Å². The molecule has 0 radical (unpaired) electrons. The number of methoxy groups -OCH3 is 2. The van der Waals surface area contributed by atoms with Gasteiger partial charge in [0.1, 0.15) is 11.5 Å². The van der Waals surface area contributed by atoms with Gasteiger partial charge in [0.05, 0.1) is 20.8 Å². The fourth-order valence-corrected chi connectivity index (χ4v) is 3.01. The van der Waals surface area contributed by atoms with E-state index in [1.54, 1.807) is 14.2 Å². The largest absolute Gasteiger partial charge is 0.497 e. The van der Waals surface area contributed by atoms with Crippen LogP contribution in [0.25, 0.3) is 0 Å². The van der Waals surface area contributed by atoms with Gasteiger partial charge in [0, 0.05) is 28.3 Å². The number of carbonyl (C=O) groups is 1. The van der Waals surface area contributed by atoms with Crippen LogP contribution in [0.3, 0.4) is 0 Å². The quantitative estimate of drug-likeness (QED) is 0.758. The molecule has 134 valence electrons. The Kier molecular flexibility index (Phi) is 6.84. The Bertz CT molecular complexity index is 749. The molecule has 5 nitrogen and oxygen atoms in total. The summed E-state index contributed by atoms with van der Waals surface area (Å²) in [5.41, 5.74) is 2.84. The maximum Gasteiger partial charge on any atom is 0.238 e. The van der Waals surface area contributed by atoms with Crippen molar-refractivity contribution < 1.29 is 14.3 Å². The van der Waals surface area contributed by atoms with Gasteiger partial charge in [-0.15, -0.1) is 0 Å². The zero-order valence-electron chi connectivity index (χ0n) is 14.9. The molecule has 0 heterocycles. The predicted octanol–water partition coefficient (Wildman–Crippen LogP) is 3.85. The monoisotopic (exact) mass is 406 g/mol. The highest BCUT2D eigenvalue weighted by molar-refractivity contribution is 9.10. The zero-order chi connectivity index (χ0) is 18.4. The number of rotatable bonds is 7. The van der Waals surface area contributed by atoms with Crippen molar-refractivity contribution in [3.8, 4) is 11.5 Å². The van der Waals surface area contributed by atoms with Crippen molar-refractivity contribution in [2.75, 3.05) is 33.1 Å². The number of ether oxygens (including phenoxy) is 2. The number of amides is 1. The van der Waals surface area contributed by atoms with Gasteiger partial charge in [-0.1, -0.05) is 22.0 Å². The third-order valence-electron chi connectivity index (χ3n) is 3.81. The minimum absolute atomic E-state index is 0.0552. The van der Waals surface area contributed by atoms with Crippen LogP contribution in [0.1, 0.15) is 11.1 Å². The molecule has 2 rings (SSSR count). The minimum Gasteiger partial charge on any atom is -0.497 e. The molecule has 0 fully saturated rings. The second-order valence-electron chi connectivity index (χ2n) is 5.86. The van der Waals surface area contributed by atoms with Crippen LogP contribution in [0.15, 0.2) is 40.9 Å². The summed E-state index contributed by atoms with van der Waals surface area (Å²) < 4.78 is 11.6. The van der Waals surface area contributed by atoms with E-state index >= 15 is 0 Å². The van der Waals surface area contributed by atoms with Gasteiger partial charge >= 0.3 is 0 Å². The van der Waals surface area contributed by atoms with Crippen molar-refractivity contribution in [2.24, 2.45) is 0 Å². The molecule has 0 aliphatic carbocycles. The first-order chi connectivity index (χ1) is 11.9. The van der Waals surface area contributed by atoms with Crippen LogP contribution >= 0.6 is 15.9 Å². The standard InChI is InChI=1S/C19H23BrN2O3/c1-13-9-15(20)6-8-17(13)21-19(23)12-22(2)11-14-5-7-16(24-3)10-18(14)25-4/h5-10H,11-12H2,1-4H3,(H,21,23). The molecule has 0 saturated heterocycles. The summed E-state index contributed by atoms with van der Waals surface area (Å²) in [4.78, 5) is 14.2. The molecule has 0 saturated carbocycles. The fraction of sp³-hybridized carbons (Fsp3) is 0.316. The number of nitrogens with zero attached hydrogens (tertiary/aromatic N) is 1. The molecular weight excluding hydrogens is 384 g/mol. The van der Waals surface area contributed by atoms with Crippen LogP contribution in [-0.2, 0) is 11.3 Å². The Morgan fingerprint density at radius 1 is 1.16 bits per heavy atom. The van der Waals surface area contributed by atoms with Crippen molar-refractivity contribution in [3.63, 3.8) is 0 Å². The lowest BCUT2D eigenvalue weighted by atomic mass is 10.1. The van der Waals surface area contributed by atoms with Crippen LogP contribution in [-0.4, -0.2) is 38.6 Å². The van der Waals surface area contributed by atoms with Crippen molar-refractivity contribution in [2.45, 2.75) is 13.5 Å². The first kappa shape index (κ1) is 19.3. The van der Waals surface area contributed by atoms with Gasteiger partial charge in [0.25, 0.3) is 0 Å². The molecule has 6 heteroatoms. The van der Waals surface area contributed by atoms with Crippen LogP contribution < -0.4 is 14.8 Å². The maximum absolute atomic E-state index is 12.3. The summed E-state index contributed by atoms with van der Waals surface area (Å²) in [6.07, 6.45) is 0. The number of hydrogen-bond donors (Lipinski definition) is 1. The van der Waals surface area contributed by atoms with Gasteiger partial charge in [0.15, 0.2) is 0 Å².